The van der Waals surface area contributed by atoms with E-state index in [1.165, 1.54) is 0 Å². The van der Waals surface area contributed by atoms with Crippen LogP contribution in [0.5, 0.6) is 0 Å². The molecule has 0 spiro atoms. The van der Waals surface area contributed by atoms with Crippen LogP contribution in [0.25, 0.3) is 0 Å². The number of aromatic nitrogens is 2. The highest BCUT2D eigenvalue weighted by Crippen LogP contribution is 2.13. The molecule has 0 aliphatic rings. The van der Waals surface area contributed by atoms with E-state index in [-0.39, 0.29) is 12.0 Å². The summed E-state index contributed by atoms with van der Waals surface area (Å²) in [4.78, 5) is 0. The number of hydrogen-bond acceptors (Lipinski definition) is 3. The van der Waals surface area contributed by atoms with Crippen LogP contribution >= 0.6 is 0 Å². The molecule has 1 aromatic heterocycles. The van der Waals surface area contributed by atoms with E-state index in [9.17, 15) is 0 Å². The minimum absolute atomic E-state index is 0.127. The topological polar surface area (TPSA) is 51.8 Å². The van der Waals surface area contributed by atoms with E-state index in [1.807, 2.05) is 26.0 Å². The van der Waals surface area contributed by atoms with Crippen molar-refractivity contribution in [3.8, 4) is 0 Å². The molecule has 0 fully saturated rings. The SMILES string of the molecule is Cc1ccc(C(C)C(C)N)nn1. The van der Waals surface area contributed by atoms with Gasteiger partial charge in [-0.1, -0.05) is 6.92 Å². The summed E-state index contributed by atoms with van der Waals surface area (Å²) in [6, 6.07) is 4.07. The lowest BCUT2D eigenvalue weighted by Crippen LogP contribution is -2.23. The highest BCUT2D eigenvalue weighted by atomic mass is 15.1. The Kier molecular flexibility index (Phi) is 2.76. The molecule has 3 nitrogen and oxygen atoms in total. The molecule has 2 atom stereocenters. The first-order valence-corrected chi connectivity index (χ1v) is 4.17. The Labute approximate surface area is 73.0 Å². The third kappa shape index (κ3) is 2.01. The molecule has 2 N–H and O–H groups in total. The highest BCUT2D eigenvalue weighted by Gasteiger charge is 2.11. The monoisotopic (exact) mass is 165 g/mol. The Morgan fingerprint density at radius 3 is 2.33 bits per heavy atom. The van der Waals surface area contributed by atoms with Crippen LogP contribution in [0.1, 0.15) is 31.2 Å². The number of hydrogen-bond donors (Lipinski definition) is 1. The van der Waals surface area contributed by atoms with Gasteiger partial charge in [0.05, 0.1) is 11.4 Å². The molecule has 0 aromatic carbocycles. The Balaban J connectivity index is 2.82. The fourth-order valence-electron chi connectivity index (χ4n) is 0.921. The lowest BCUT2D eigenvalue weighted by Gasteiger charge is -2.13. The predicted molar refractivity (Wildman–Crippen MR) is 48.8 cm³/mol. The number of nitrogens with two attached hydrogens (primary N) is 1. The summed E-state index contributed by atoms with van der Waals surface area (Å²) in [5.41, 5.74) is 7.65. The highest BCUT2D eigenvalue weighted by molar-refractivity contribution is 5.10. The molecule has 2 unspecified atom stereocenters. The molecule has 0 radical (unpaired) electrons. The number of nitrogens with zero attached hydrogens (tertiary/aromatic N) is 2. The predicted octanol–water partition coefficient (Wildman–Crippen LogP) is 1.24. The van der Waals surface area contributed by atoms with E-state index >= 15 is 0 Å². The van der Waals surface area contributed by atoms with Gasteiger partial charge in [-0.05, 0) is 26.0 Å². The second-order valence-electron chi connectivity index (χ2n) is 3.25. The first-order chi connectivity index (χ1) is 5.61. The molecular formula is C9H15N3. The molecule has 12 heavy (non-hydrogen) atoms. The van der Waals surface area contributed by atoms with Crippen molar-refractivity contribution in [2.75, 3.05) is 0 Å². The van der Waals surface area contributed by atoms with Crippen LogP contribution in [0, 0.1) is 6.92 Å². The van der Waals surface area contributed by atoms with E-state index in [0.717, 1.165) is 11.4 Å². The van der Waals surface area contributed by atoms with Gasteiger partial charge in [-0.25, -0.2) is 0 Å². The summed E-state index contributed by atoms with van der Waals surface area (Å²) in [6.07, 6.45) is 0. The quantitative estimate of drug-likeness (QED) is 0.717. The summed E-state index contributed by atoms with van der Waals surface area (Å²) < 4.78 is 0. The molecule has 0 aliphatic heterocycles. The minimum atomic E-state index is 0.127. The van der Waals surface area contributed by atoms with Gasteiger partial charge in [-0.2, -0.15) is 10.2 Å². The molecular weight excluding hydrogens is 150 g/mol. The standard InChI is InChI=1S/C9H15N3/c1-6-4-5-9(12-11-6)7(2)8(3)10/h4-5,7-8H,10H2,1-3H3. The first kappa shape index (κ1) is 9.13. The van der Waals surface area contributed by atoms with Crippen LogP contribution in [0.15, 0.2) is 12.1 Å². The number of rotatable bonds is 2. The third-order valence-corrected chi connectivity index (χ3v) is 2.07. The molecule has 1 aromatic rings. The van der Waals surface area contributed by atoms with Crippen molar-refractivity contribution in [1.82, 2.24) is 10.2 Å². The molecule has 1 heterocycles. The zero-order valence-corrected chi connectivity index (χ0v) is 7.78. The summed E-state index contributed by atoms with van der Waals surface area (Å²) >= 11 is 0. The van der Waals surface area contributed by atoms with Crippen LogP contribution in [-0.2, 0) is 0 Å². The van der Waals surface area contributed by atoms with Crippen molar-refractivity contribution in [3.63, 3.8) is 0 Å². The number of aryl methyl sites for hydroxylation is 1. The first-order valence-electron chi connectivity index (χ1n) is 4.17. The minimum Gasteiger partial charge on any atom is -0.327 e. The van der Waals surface area contributed by atoms with Gasteiger partial charge in [0.15, 0.2) is 0 Å². The zero-order valence-electron chi connectivity index (χ0n) is 7.78. The van der Waals surface area contributed by atoms with E-state index in [1.54, 1.807) is 0 Å². The molecule has 0 amide bonds. The third-order valence-electron chi connectivity index (χ3n) is 2.07. The molecule has 1 rings (SSSR count). The Bertz CT molecular complexity index is 240. The van der Waals surface area contributed by atoms with Crippen LogP contribution in [0.3, 0.4) is 0 Å². The molecule has 0 saturated heterocycles. The summed E-state index contributed by atoms with van der Waals surface area (Å²) in [6.45, 7) is 5.96. The van der Waals surface area contributed by atoms with Crippen molar-refractivity contribution in [3.05, 3.63) is 23.5 Å². The largest absolute Gasteiger partial charge is 0.327 e. The molecule has 0 saturated carbocycles. The van der Waals surface area contributed by atoms with Gasteiger partial charge in [-0.15, -0.1) is 0 Å². The second-order valence-corrected chi connectivity index (χ2v) is 3.25. The van der Waals surface area contributed by atoms with Gasteiger partial charge in [0.2, 0.25) is 0 Å². The molecule has 66 valence electrons. The maximum atomic E-state index is 5.74. The maximum absolute atomic E-state index is 5.74. The fraction of sp³-hybridized carbons (Fsp3) is 0.556. The molecule has 3 heteroatoms. The van der Waals surface area contributed by atoms with Gasteiger partial charge in [-0.3, -0.25) is 0 Å². The smallest absolute Gasteiger partial charge is 0.0674 e. The lowest BCUT2D eigenvalue weighted by atomic mass is 10.0. The van der Waals surface area contributed by atoms with Gasteiger partial charge >= 0.3 is 0 Å². The average Bonchev–Trinajstić information content (AvgIpc) is 2.04. The fourth-order valence-corrected chi connectivity index (χ4v) is 0.921. The van der Waals surface area contributed by atoms with E-state index in [0.29, 0.717) is 0 Å². The van der Waals surface area contributed by atoms with Gasteiger partial charge in [0, 0.05) is 12.0 Å². The van der Waals surface area contributed by atoms with Crippen LogP contribution in [0.2, 0.25) is 0 Å². The lowest BCUT2D eigenvalue weighted by molar-refractivity contribution is 0.589. The average molecular weight is 165 g/mol. The van der Waals surface area contributed by atoms with E-state index < -0.39 is 0 Å². The van der Waals surface area contributed by atoms with Gasteiger partial charge in [0.1, 0.15) is 0 Å². The molecule has 0 bridgehead atoms. The summed E-state index contributed by atoms with van der Waals surface area (Å²) in [5, 5.41) is 8.05. The second kappa shape index (κ2) is 3.63. The van der Waals surface area contributed by atoms with E-state index in [4.69, 9.17) is 5.73 Å². The van der Waals surface area contributed by atoms with Crippen molar-refractivity contribution >= 4 is 0 Å². The zero-order chi connectivity index (χ0) is 9.14. The van der Waals surface area contributed by atoms with Gasteiger partial charge in [0.25, 0.3) is 0 Å². The maximum Gasteiger partial charge on any atom is 0.0674 e. The van der Waals surface area contributed by atoms with Crippen LogP contribution in [-0.4, -0.2) is 16.2 Å². The van der Waals surface area contributed by atoms with E-state index in [2.05, 4.69) is 17.1 Å². The Morgan fingerprint density at radius 1 is 1.25 bits per heavy atom. The van der Waals surface area contributed by atoms with Crippen molar-refractivity contribution in [2.45, 2.75) is 32.7 Å². The van der Waals surface area contributed by atoms with Crippen LogP contribution < -0.4 is 5.73 Å². The molecule has 0 aliphatic carbocycles. The van der Waals surface area contributed by atoms with Crippen LogP contribution in [0.4, 0.5) is 0 Å². The van der Waals surface area contributed by atoms with Gasteiger partial charge < -0.3 is 5.73 Å². The normalized spacial score (nSPS) is 15.7. The van der Waals surface area contributed by atoms with Crippen molar-refractivity contribution in [2.24, 2.45) is 5.73 Å². The Morgan fingerprint density at radius 2 is 1.92 bits per heavy atom. The Hall–Kier alpha value is -0.960. The summed E-state index contributed by atoms with van der Waals surface area (Å²) in [5.74, 6) is 0.276. The van der Waals surface area contributed by atoms with Crippen molar-refractivity contribution in [1.29, 1.82) is 0 Å². The van der Waals surface area contributed by atoms with Crippen molar-refractivity contribution < 1.29 is 0 Å². The summed E-state index contributed by atoms with van der Waals surface area (Å²) in [7, 11) is 0.